The summed E-state index contributed by atoms with van der Waals surface area (Å²) in [6.45, 7) is 0. The lowest BCUT2D eigenvalue weighted by molar-refractivity contribution is 0.122. The van der Waals surface area contributed by atoms with E-state index in [0.717, 1.165) is 30.2 Å². The molecular weight excluding hydrogens is 268 g/mol. The summed E-state index contributed by atoms with van der Waals surface area (Å²) in [4.78, 5) is 0. The van der Waals surface area contributed by atoms with E-state index >= 15 is 0 Å². The van der Waals surface area contributed by atoms with Crippen LogP contribution in [0.3, 0.4) is 0 Å². The van der Waals surface area contributed by atoms with Gasteiger partial charge in [-0.15, -0.1) is 0 Å². The Balaban J connectivity index is 1.53. The highest BCUT2D eigenvalue weighted by atomic mass is 28.4. The third-order valence-electron chi connectivity index (χ3n) is 5.16. The number of rotatable bonds is 10. The van der Waals surface area contributed by atoms with Crippen molar-refractivity contribution in [3.8, 4) is 0 Å². The summed E-state index contributed by atoms with van der Waals surface area (Å²) in [7, 11) is 2.77. The monoisotopic (exact) mass is 298 g/mol. The Morgan fingerprint density at radius 2 is 1.60 bits per heavy atom. The van der Waals surface area contributed by atoms with Gasteiger partial charge < -0.3 is 13.3 Å². The van der Waals surface area contributed by atoms with Gasteiger partial charge in [0.05, 0.1) is 0 Å². The largest absolute Gasteiger partial charge is 0.500 e. The molecule has 0 N–H and O–H groups in total. The van der Waals surface area contributed by atoms with Crippen molar-refractivity contribution in [3.05, 3.63) is 12.2 Å². The minimum Gasteiger partial charge on any atom is -0.377 e. The van der Waals surface area contributed by atoms with Crippen molar-refractivity contribution in [2.24, 2.45) is 17.8 Å². The molecule has 0 aromatic heterocycles. The van der Waals surface area contributed by atoms with Crippen LogP contribution in [0.2, 0.25) is 6.04 Å². The molecule has 0 amide bonds. The second kappa shape index (κ2) is 7.73. The zero-order valence-corrected chi connectivity index (χ0v) is 14.3. The second-order valence-corrected chi connectivity index (χ2v) is 9.38. The fraction of sp³-hybridized carbons (Fsp3) is 0.875. The molecule has 1 saturated carbocycles. The van der Waals surface area contributed by atoms with Crippen LogP contribution >= 0.6 is 0 Å². The molecule has 0 spiro atoms. The summed E-state index contributed by atoms with van der Waals surface area (Å²) in [5.74, 6) is 2.81. The van der Waals surface area contributed by atoms with E-state index in [1.165, 1.54) is 38.5 Å². The first kappa shape index (κ1) is 16.2. The van der Waals surface area contributed by atoms with E-state index in [-0.39, 0.29) is 0 Å². The molecule has 4 heteroatoms. The van der Waals surface area contributed by atoms with Gasteiger partial charge in [0.1, 0.15) is 0 Å². The summed E-state index contributed by atoms with van der Waals surface area (Å²) in [5, 5.41) is 0. The Morgan fingerprint density at radius 3 is 2.15 bits per heavy atom. The van der Waals surface area contributed by atoms with Gasteiger partial charge in [-0.05, 0) is 43.4 Å². The van der Waals surface area contributed by atoms with Crippen LogP contribution < -0.4 is 0 Å². The molecule has 2 rings (SSSR count). The van der Waals surface area contributed by atoms with Crippen molar-refractivity contribution in [2.75, 3.05) is 21.3 Å². The van der Waals surface area contributed by atoms with E-state index in [4.69, 9.17) is 13.3 Å². The average molecular weight is 298 g/mol. The first-order valence-corrected chi connectivity index (χ1v) is 10.00. The van der Waals surface area contributed by atoms with Gasteiger partial charge in [0.2, 0.25) is 0 Å². The molecule has 0 radical (unpaired) electrons. The lowest BCUT2D eigenvalue weighted by atomic mass is 9.88. The molecule has 3 atom stereocenters. The fourth-order valence-electron chi connectivity index (χ4n) is 3.88. The van der Waals surface area contributed by atoms with Gasteiger partial charge in [0, 0.05) is 27.4 Å². The van der Waals surface area contributed by atoms with Crippen LogP contribution in [-0.4, -0.2) is 30.1 Å². The Hall–Kier alpha value is -0.163. The van der Waals surface area contributed by atoms with E-state index < -0.39 is 8.80 Å². The van der Waals surface area contributed by atoms with Crippen molar-refractivity contribution in [1.82, 2.24) is 0 Å². The van der Waals surface area contributed by atoms with Crippen molar-refractivity contribution in [1.29, 1.82) is 0 Å². The molecule has 0 aromatic carbocycles. The smallest absolute Gasteiger partial charge is 0.377 e. The molecule has 116 valence electrons. The van der Waals surface area contributed by atoms with Crippen LogP contribution in [0.15, 0.2) is 12.2 Å². The average Bonchev–Trinajstić information content (AvgIpc) is 3.10. The summed E-state index contributed by atoms with van der Waals surface area (Å²) in [6, 6.07) is 0.938. The predicted molar refractivity (Wildman–Crippen MR) is 83.5 cm³/mol. The zero-order valence-electron chi connectivity index (χ0n) is 13.3. The minimum atomic E-state index is -2.32. The van der Waals surface area contributed by atoms with E-state index in [1.807, 2.05) is 0 Å². The topological polar surface area (TPSA) is 27.7 Å². The summed E-state index contributed by atoms with van der Waals surface area (Å²) >= 11 is 0. The highest BCUT2D eigenvalue weighted by molar-refractivity contribution is 6.60. The molecule has 2 bridgehead atoms. The van der Waals surface area contributed by atoms with Crippen LogP contribution in [0.4, 0.5) is 0 Å². The molecule has 0 aliphatic heterocycles. The van der Waals surface area contributed by atoms with Gasteiger partial charge in [-0.2, -0.15) is 0 Å². The fourth-order valence-corrected chi connectivity index (χ4v) is 5.68. The molecule has 3 unspecified atom stereocenters. The van der Waals surface area contributed by atoms with Crippen LogP contribution in [0.25, 0.3) is 0 Å². The number of unbranched alkanes of at least 4 members (excludes halogenated alkanes) is 3. The Kier molecular flexibility index (Phi) is 6.27. The van der Waals surface area contributed by atoms with Gasteiger partial charge in [-0.1, -0.05) is 31.4 Å². The molecule has 0 aromatic rings. The zero-order chi connectivity index (χ0) is 14.4. The molecule has 2 aliphatic carbocycles. The van der Waals surface area contributed by atoms with Crippen molar-refractivity contribution >= 4 is 8.80 Å². The van der Waals surface area contributed by atoms with Crippen LogP contribution in [0, 0.1) is 17.8 Å². The molecule has 3 nitrogen and oxygen atoms in total. The number of fused-ring (bicyclic) bond motifs is 2. The van der Waals surface area contributed by atoms with Crippen molar-refractivity contribution < 1.29 is 13.3 Å². The maximum absolute atomic E-state index is 5.44. The van der Waals surface area contributed by atoms with Crippen LogP contribution in [-0.2, 0) is 13.3 Å². The number of hydrogen-bond acceptors (Lipinski definition) is 3. The summed E-state index contributed by atoms with van der Waals surface area (Å²) in [6.07, 6.45) is 14.3. The van der Waals surface area contributed by atoms with E-state index in [0.29, 0.717) is 0 Å². The molecule has 1 fully saturated rings. The van der Waals surface area contributed by atoms with Crippen molar-refractivity contribution in [2.45, 2.75) is 51.0 Å². The highest BCUT2D eigenvalue weighted by Gasteiger charge is 2.37. The lowest BCUT2D eigenvalue weighted by Crippen LogP contribution is -2.42. The number of hydrogen-bond donors (Lipinski definition) is 0. The van der Waals surface area contributed by atoms with E-state index in [9.17, 15) is 0 Å². The third-order valence-corrected chi connectivity index (χ3v) is 7.99. The second-order valence-electron chi connectivity index (χ2n) is 6.29. The normalized spacial score (nSPS) is 28.4. The lowest BCUT2D eigenvalue weighted by Gasteiger charge is -2.24. The van der Waals surface area contributed by atoms with Gasteiger partial charge in [-0.25, -0.2) is 0 Å². The quantitative estimate of drug-likeness (QED) is 0.346. The maximum atomic E-state index is 5.44. The van der Waals surface area contributed by atoms with E-state index in [1.54, 1.807) is 21.3 Å². The van der Waals surface area contributed by atoms with Crippen molar-refractivity contribution in [3.63, 3.8) is 0 Å². The van der Waals surface area contributed by atoms with Gasteiger partial charge in [0.25, 0.3) is 0 Å². The standard InChI is InChI=1S/C16H30O3Si/c1-17-20(18-2,19-3)11-7-5-4-6-8-15-12-14-9-10-16(15)13-14/h9-10,14-16H,4-8,11-13H2,1-3H3. The highest BCUT2D eigenvalue weighted by Crippen LogP contribution is 2.45. The molecule has 0 saturated heterocycles. The summed E-state index contributed by atoms with van der Waals surface area (Å²) in [5.41, 5.74) is 0. The molecule has 2 aliphatic rings. The minimum absolute atomic E-state index is 0.913. The van der Waals surface area contributed by atoms with Crippen LogP contribution in [0.1, 0.15) is 44.9 Å². The Morgan fingerprint density at radius 1 is 0.900 bits per heavy atom. The first-order chi connectivity index (χ1) is 9.73. The van der Waals surface area contributed by atoms with Gasteiger partial charge in [0.15, 0.2) is 0 Å². The molecule has 20 heavy (non-hydrogen) atoms. The maximum Gasteiger partial charge on any atom is 0.500 e. The molecular formula is C16H30O3Si. The predicted octanol–water partition coefficient (Wildman–Crippen LogP) is 4.03. The number of allylic oxidation sites excluding steroid dienone is 2. The third kappa shape index (κ3) is 3.94. The Bertz CT molecular complexity index is 307. The van der Waals surface area contributed by atoms with Gasteiger partial charge >= 0.3 is 8.80 Å². The van der Waals surface area contributed by atoms with Gasteiger partial charge in [-0.3, -0.25) is 0 Å². The Labute approximate surface area is 125 Å². The van der Waals surface area contributed by atoms with E-state index in [2.05, 4.69) is 12.2 Å². The molecule has 0 heterocycles. The first-order valence-electron chi connectivity index (χ1n) is 8.07. The SMILES string of the molecule is CO[Si](CCCCCCC1CC2C=CC1C2)(OC)OC. The summed E-state index contributed by atoms with van der Waals surface area (Å²) < 4.78 is 16.3. The van der Waals surface area contributed by atoms with Crippen LogP contribution in [0.5, 0.6) is 0 Å².